The number of rotatable bonds is 6. The number of aliphatic imine (C=N–C) groups is 2. The molecule has 3 rings (SSSR count). The number of hydrazine groups is 1. The van der Waals surface area contributed by atoms with Crippen LogP contribution in [0.25, 0.3) is 0 Å². The zero-order valence-electron chi connectivity index (χ0n) is 21.4. The second-order valence-corrected chi connectivity index (χ2v) is 10.4. The molecule has 0 spiro atoms. The molecule has 190 valence electrons. The van der Waals surface area contributed by atoms with E-state index in [2.05, 4.69) is 58.9 Å². The van der Waals surface area contributed by atoms with E-state index < -0.39 is 17.2 Å². The number of carbonyl (C=O) groups excluding carboxylic acids is 1. The summed E-state index contributed by atoms with van der Waals surface area (Å²) in [5.74, 6) is 6.95. The molecule has 0 bridgehead atoms. The summed E-state index contributed by atoms with van der Waals surface area (Å²) in [6, 6.07) is 0. The van der Waals surface area contributed by atoms with Gasteiger partial charge in [0.25, 0.3) is 0 Å². The number of nitrogens with zero attached hydrogens (tertiary/aromatic N) is 3. The highest BCUT2D eigenvalue weighted by Gasteiger charge is 2.37. The van der Waals surface area contributed by atoms with Crippen molar-refractivity contribution in [3.63, 3.8) is 0 Å². The lowest BCUT2D eigenvalue weighted by atomic mass is 9.87. The monoisotopic (exact) mass is 475 g/mol. The molecule has 10 nitrogen and oxygen atoms in total. The van der Waals surface area contributed by atoms with Crippen LogP contribution in [0.4, 0.5) is 4.79 Å². The minimum atomic E-state index is -0.497. The summed E-state index contributed by atoms with van der Waals surface area (Å²) >= 11 is 0. The number of ether oxygens (including phenoxy) is 2. The van der Waals surface area contributed by atoms with Gasteiger partial charge < -0.3 is 30.4 Å². The molecule has 0 radical (unpaired) electrons. The van der Waals surface area contributed by atoms with Gasteiger partial charge in [-0.25, -0.2) is 10.6 Å². The van der Waals surface area contributed by atoms with Crippen LogP contribution in [0.5, 0.6) is 0 Å². The fourth-order valence-electron chi connectivity index (χ4n) is 4.30. The molecule has 1 amide bonds. The predicted molar refractivity (Wildman–Crippen MR) is 134 cm³/mol. The van der Waals surface area contributed by atoms with Gasteiger partial charge in [0.05, 0.1) is 12.2 Å². The van der Waals surface area contributed by atoms with Gasteiger partial charge in [-0.2, -0.15) is 0 Å². The number of carbonyl (C=O) groups is 1. The molecular weight excluding hydrogens is 434 g/mol. The first-order valence-electron chi connectivity index (χ1n) is 12.2. The molecule has 34 heavy (non-hydrogen) atoms. The second kappa shape index (κ2) is 10.8. The molecule has 1 saturated heterocycles. The summed E-state index contributed by atoms with van der Waals surface area (Å²) in [7, 11) is 0. The number of amidine groups is 2. The third kappa shape index (κ3) is 6.96. The van der Waals surface area contributed by atoms with Crippen molar-refractivity contribution < 1.29 is 14.3 Å². The van der Waals surface area contributed by atoms with Gasteiger partial charge in [-0.1, -0.05) is 6.08 Å². The van der Waals surface area contributed by atoms with Gasteiger partial charge in [0.15, 0.2) is 11.7 Å². The minimum absolute atomic E-state index is 0.198. The summed E-state index contributed by atoms with van der Waals surface area (Å²) in [5, 5.41) is 6.24. The molecule has 5 N–H and O–H groups in total. The maximum atomic E-state index is 11.7. The van der Waals surface area contributed by atoms with E-state index in [4.69, 9.17) is 20.3 Å². The normalized spacial score (nSPS) is 28.3. The highest BCUT2D eigenvalue weighted by atomic mass is 16.6. The number of alkyl carbamates (subject to hydrolysis) is 1. The smallest absolute Gasteiger partial charge is 0.407 e. The molecule has 3 atom stereocenters. The Kier molecular flexibility index (Phi) is 8.25. The molecule has 10 heteroatoms. The Hall–Kier alpha value is -2.59. The number of nitrogens with one attached hydrogen (secondary N) is 3. The quantitative estimate of drug-likeness (QED) is 0.264. The van der Waals surface area contributed by atoms with E-state index in [9.17, 15) is 4.79 Å². The van der Waals surface area contributed by atoms with Gasteiger partial charge in [0, 0.05) is 37.6 Å². The fraction of sp³-hybridized carbons (Fsp3) is 0.708. The van der Waals surface area contributed by atoms with E-state index in [1.165, 1.54) is 5.70 Å². The van der Waals surface area contributed by atoms with Crippen molar-refractivity contribution >= 4 is 17.8 Å². The Labute approximate surface area is 203 Å². The minimum Gasteiger partial charge on any atom is -0.444 e. The Morgan fingerprint density at radius 1 is 1.35 bits per heavy atom. The summed E-state index contributed by atoms with van der Waals surface area (Å²) in [6.07, 6.45) is 6.79. The maximum Gasteiger partial charge on any atom is 0.407 e. The van der Waals surface area contributed by atoms with E-state index in [1.54, 1.807) is 0 Å². The summed E-state index contributed by atoms with van der Waals surface area (Å²) < 4.78 is 11.1. The Balaban J connectivity index is 1.58. The predicted octanol–water partition coefficient (Wildman–Crippen LogP) is 2.19. The van der Waals surface area contributed by atoms with Crippen molar-refractivity contribution in [2.24, 2.45) is 15.8 Å². The highest BCUT2D eigenvalue weighted by Crippen LogP contribution is 2.34. The topological polar surface area (TPSA) is 126 Å². The maximum absolute atomic E-state index is 11.7. The van der Waals surface area contributed by atoms with E-state index >= 15 is 0 Å². The second-order valence-electron chi connectivity index (χ2n) is 10.4. The Morgan fingerprint density at radius 2 is 2.06 bits per heavy atom. The lowest BCUT2D eigenvalue weighted by Crippen LogP contribution is -2.54. The molecule has 2 aliphatic heterocycles. The first-order valence-corrected chi connectivity index (χ1v) is 12.2. The van der Waals surface area contributed by atoms with Crippen molar-refractivity contribution in [3.8, 4) is 0 Å². The van der Waals surface area contributed by atoms with Crippen LogP contribution in [-0.4, -0.2) is 72.2 Å². The molecule has 1 fully saturated rings. The van der Waals surface area contributed by atoms with Crippen LogP contribution in [0, 0.1) is 0 Å². The van der Waals surface area contributed by atoms with Gasteiger partial charge in [0.2, 0.25) is 0 Å². The lowest BCUT2D eigenvalue weighted by Gasteiger charge is -2.41. The Bertz CT molecular complexity index is 864. The van der Waals surface area contributed by atoms with Crippen molar-refractivity contribution in [3.05, 3.63) is 23.5 Å². The van der Waals surface area contributed by atoms with Crippen molar-refractivity contribution in [1.82, 2.24) is 21.0 Å². The van der Waals surface area contributed by atoms with E-state index in [0.29, 0.717) is 24.8 Å². The van der Waals surface area contributed by atoms with Crippen LogP contribution in [0.3, 0.4) is 0 Å². The number of fused-ring (bicyclic) bond motifs is 1. The number of allylic oxidation sites excluding steroid dienone is 1. The zero-order valence-corrected chi connectivity index (χ0v) is 21.4. The number of amides is 1. The van der Waals surface area contributed by atoms with Gasteiger partial charge in [-0.15, -0.1) is 0 Å². The lowest BCUT2D eigenvalue weighted by molar-refractivity contribution is -0.0569. The third-order valence-corrected chi connectivity index (χ3v) is 5.86. The standard InChI is InChI=1S/C24H41N7O3/c1-16-14-31(15-17(2)33-16)18-9-10-24(6)19(13-18)28-20(21(29-24)30-25)26-11-7-8-12-27-22(32)34-23(3,4)5/h9,13,16-17H,7-8,10-12,14-15,25H2,1-6H3,(H,26,28)(H,27,32)(H,29,30)/t16-,17?,24?/m0/s1. The summed E-state index contributed by atoms with van der Waals surface area (Å²) in [5.41, 5.74) is 3.99. The molecule has 2 heterocycles. The molecule has 0 saturated carbocycles. The molecule has 0 aromatic carbocycles. The van der Waals surface area contributed by atoms with Crippen LogP contribution in [0.1, 0.15) is 60.8 Å². The number of unbranched alkanes of at least 4 members (excludes halogenated alkanes) is 1. The first kappa shape index (κ1) is 26.0. The number of nitrogens with two attached hydrogens (primary N) is 1. The third-order valence-electron chi connectivity index (χ3n) is 5.86. The van der Waals surface area contributed by atoms with E-state index in [1.807, 2.05) is 20.8 Å². The number of morpholine rings is 1. The van der Waals surface area contributed by atoms with Crippen molar-refractivity contribution in [2.75, 3.05) is 26.2 Å². The SMILES string of the molecule is CC1CN(C2=CCC3(C)N=C(NN)C(=NCCCCNC(=O)OC(C)(C)C)NC3=C2)C[C@H](C)O1. The number of hydrogen-bond acceptors (Lipinski definition) is 8. The van der Waals surface area contributed by atoms with Crippen molar-refractivity contribution in [2.45, 2.75) is 84.2 Å². The van der Waals surface area contributed by atoms with Crippen LogP contribution < -0.4 is 21.9 Å². The van der Waals surface area contributed by atoms with Crippen LogP contribution in [0.15, 0.2) is 33.5 Å². The average molecular weight is 476 g/mol. The van der Waals surface area contributed by atoms with Crippen LogP contribution >= 0.6 is 0 Å². The van der Waals surface area contributed by atoms with E-state index in [0.717, 1.165) is 38.0 Å². The zero-order chi connectivity index (χ0) is 24.9. The first-order chi connectivity index (χ1) is 16.0. The van der Waals surface area contributed by atoms with Crippen LogP contribution in [-0.2, 0) is 9.47 Å². The molecule has 1 aliphatic carbocycles. The number of hydrogen-bond donors (Lipinski definition) is 4. The fourth-order valence-corrected chi connectivity index (χ4v) is 4.30. The van der Waals surface area contributed by atoms with Crippen LogP contribution in [0.2, 0.25) is 0 Å². The molecular formula is C24H41N7O3. The van der Waals surface area contributed by atoms with Gasteiger partial charge >= 0.3 is 6.09 Å². The van der Waals surface area contributed by atoms with Gasteiger partial charge in [-0.05, 0) is 66.9 Å². The highest BCUT2D eigenvalue weighted by molar-refractivity contribution is 6.41. The largest absolute Gasteiger partial charge is 0.444 e. The summed E-state index contributed by atoms with van der Waals surface area (Å²) in [4.78, 5) is 23.7. The molecule has 0 aromatic rings. The van der Waals surface area contributed by atoms with E-state index in [-0.39, 0.29) is 12.2 Å². The molecule has 2 unspecified atom stereocenters. The Morgan fingerprint density at radius 3 is 2.71 bits per heavy atom. The van der Waals surface area contributed by atoms with Gasteiger partial charge in [0.1, 0.15) is 11.1 Å². The molecule has 0 aromatic heterocycles. The van der Waals surface area contributed by atoms with Gasteiger partial charge in [-0.3, -0.25) is 9.98 Å². The van der Waals surface area contributed by atoms with Crippen molar-refractivity contribution in [1.29, 1.82) is 0 Å². The summed E-state index contributed by atoms with van der Waals surface area (Å²) in [6.45, 7) is 14.7. The average Bonchev–Trinajstić information content (AvgIpc) is 2.73. The molecule has 3 aliphatic rings.